The largest absolute Gasteiger partial charge is 0.406 e. The van der Waals surface area contributed by atoms with E-state index >= 15 is 0 Å². The van der Waals surface area contributed by atoms with E-state index in [4.69, 9.17) is 8.85 Å². The van der Waals surface area contributed by atoms with Crippen molar-refractivity contribution in [3.8, 4) is 0 Å². The van der Waals surface area contributed by atoms with Crippen molar-refractivity contribution in [2.75, 3.05) is 14.2 Å². The Bertz CT molecular complexity index is 493. The molecule has 0 aliphatic rings. The first-order valence-electron chi connectivity index (χ1n) is 8.89. The van der Waals surface area contributed by atoms with Crippen LogP contribution < -0.4 is 10.4 Å². The third kappa shape index (κ3) is 5.58. The van der Waals surface area contributed by atoms with Gasteiger partial charge in [-0.1, -0.05) is 97.3 Å². The second-order valence-corrected chi connectivity index (χ2v) is 13.2. The van der Waals surface area contributed by atoms with E-state index < -0.39 is 8.56 Å². The minimum Gasteiger partial charge on any atom is -0.391 e. The summed E-state index contributed by atoms with van der Waals surface area (Å²) in [5.41, 5.74) is 0. The van der Waals surface area contributed by atoms with Gasteiger partial charge >= 0.3 is 8.56 Å². The zero-order chi connectivity index (χ0) is 17.8. The summed E-state index contributed by atoms with van der Waals surface area (Å²) in [6.45, 7) is 6.97. The van der Waals surface area contributed by atoms with Gasteiger partial charge in [-0.3, -0.25) is 0 Å². The first-order valence-corrected chi connectivity index (χ1v) is 13.2. The predicted molar refractivity (Wildman–Crippen MR) is 109 cm³/mol. The normalized spacial score (nSPS) is 10.7. The molecule has 24 heavy (non-hydrogen) atoms. The molecule has 0 aromatic heterocycles. The van der Waals surface area contributed by atoms with Gasteiger partial charge in [0.1, 0.15) is 0 Å². The van der Waals surface area contributed by atoms with Crippen LogP contribution in [0.2, 0.25) is 15.8 Å². The van der Waals surface area contributed by atoms with E-state index in [-0.39, 0.29) is 14.1 Å². The highest BCUT2D eigenvalue weighted by atomic mass is 28.4. The van der Waals surface area contributed by atoms with Crippen LogP contribution in [0.1, 0.15) is 20.8 Å². The van der Waals surface area contributed by atoms with Crippen molar-refractivity contribution in [1.82, 2.24) is 0 Å². The fourth-order valence-electron chi connectivity index (χ4n) is 2.90. The fourth-order valence-corrected chi connectivity index (χ4v) is 7.34. The number of rotatable bonds is 7. The molecule has 0 aliphatic heterocycles. The Hall–Kier alpha value is -0.891. The summed E-state index contributed by atoms with van der Waals surface area (Å²) in [5, 5.41) is 6.72. The van der Waals surface area contributed by atoms with Gasteiger partial charge in [0.15, 0.2) is 0 Å². The van der Waals surface area contributed by atoms with Crippen LogP contribution in [0, 0.1) is 0 Å². The predicted octanol–water partition coefficient (Wildman–Crippen LogP) is 4.08. The molecular formula is C20H31AlO2Si. The smallest absolute Gasteiger partial charge is 0.391 e. The third-order valence-corrected chi connectivity index (χ3v) is 11.4. The molecule has 0 spiro atoms. The topological polar surface area (TPSA) is 18.5 Å². The molecule has 0 saturated heterocycles. The van der Waals surface area contributed by atoms with Crippen LogP contribution in [0.25, 0.3) is 0 Å². The molecule has 130 valence electrons. The third-order valence-electron chi connectivity index (χ3n) is 4.61. The zero-order valence-electron chi connectivity index (χ0n) is 15.8. The molecule has 2 aromatic carbocycles. The van der Waals surface area contributed by atoms with Gasteiger partial charge in [-0.15, -0.1) is 0 Å². The van der Waals surface area contributed by atoms with Gasteiger partial charge in [0.2, 0.25) is 0 Å². The summed E-state index contributed by atoms with van der Waals surface area (Å²) in [6, 6.07) is 20.3. The lowest BCUT2D eigenvalue weighted by molar-refractivity contribution is 0.272. The summed E-state index contributed by atoms with van der Waals surface area (Å²) in [6.07, 6.45) is 0. The van der Waals surface area contributed by atoms with Crippen LogP contribution in [-0.4, -0.2) is 36.9 Å². The summed E-state index contributed by atoms with van der Waals surface area (Å²) in [5.74, 6) is 0. The maximum absolute atomic E-state index is 5.78. The van der Waals surface area contributed by atoms with E-state index in [2.05, 4.69) is 45.0 Å². The quantitative estimate of drug-likeness (QED) is 0.695. The molecule has 4 heteroatoms. The van der Waals surface area contributed by atoms with Crippen molar-refractivity contribution in [3.05, 3.63) is 60.7 Å². The van der Waals surface area contributed by atoms with Gasteiger partial charge in [-0.25, -0.2) is 0 Å². The molecule has 0 fully saturated rings. The van der Waals surface area contributed by atoms with E-state index in [1.165, 1.54) is 15.8 Å². The average Bonchev–Trinajstić information content (AvgIpc) is 2.67. The first kappa shape index (κ1) is 21.2. The van der Waals surface area contributed by atoms with Crippen molar-refractivity contribution >= 4 is 33.1 Å². The SMILES string of the molecule is CO[Si](OC)(c1ccccc1)c1ccccc1.C[CH2][Al]([CH2]C)[CH2]C. The molecule has 0 atom stereocenters. The molecule has 0 radical (unpaired) electrons. The van der Waals surface area contributed by atoms with Crippen LogP contribution in [-0.2, 0) is 8.85 Å². The molecule has 0 aliphatic carbocycles. The van der Waals surface area contributed by atoms with Crippen molar-refractivity contribution < 1.29 is 8.85 Å². The van der Waals surface area contributed by atoms with Crippen LogP contribution in [0.3, 0.4) is 0 Å². The summed E-state index contributed by atoms with van der Waals surface area (Å²) in [7, 11) is 0.940. The maximum Gasteiger partial charge on any atom is 0.406 e. The van der Waals surface area contributed by atoms with Crippen LogP contribution >= 0.6 is 0 Å². The Balaban J connectivity index is 0.000000351. The zero-order valence-corrected chi connectivity index (χ0v) is 17.9. The Morgan fingerprint density at radius 3 is 1.21 bits per heavy atom. The first-order chi connectivity index (χ1) is 11.7. The van der Waals surface area contributed by atoms with Gasteiger partial charge in [-0.2, -0.15) is 0 Å². The van der Waals surface area contributed by atoms with E-state index in [9.17, 15) is 0 Å². The van der Waals surface area contributed by atoms with Crippen LogP contribution in [0.5, 0.6) is 0 Å². The lowest BCUT2D eigenvalue weighted by atomic mass is 10.4. The van der Waals surface area contributed by atoms with Crippen molar-refractivity contribution in [2.24, 2.45) is 0 Å². The molecule has 0 amide bonds. The van der Waals surface area contributed by atoms with E-state index in [1.807, 2.05) is 36.4 Å². The van der Waals surface area contributed by atoms with Crippen molar-refractivity contribution in [1.29, 1.82) is 0 Å². The number of benzene rings is 2. The minimum atomic E-state index is -2.50. The standard InChI is InChI=1S/C14H16O2Si.3C2H5.Al/c1-15-17(16-2,13-9-5-3-6-10-13)14-11-7-4-8-12-14;3*1-2;/h3-12H,1-2H3;3*1H2,2H3;. The highest BCUT2D eigenvalue weighted by Gasteiger charge is 2.40. The van der Waals surface area contributed by atoms with E-state index in [0.29, 0.717) is 0 Å². The Labute approximate surface area is 153 Å². The number of hydrogen-bond acceptors (Lipinski definition) is 2. The van der Waals surface area contributed by atoms with Gasteiger partial charge in [0.25, 0.3) is 14.1 Å². The molecule has 0 heterocycles. The van der Waals surface area contributed by atoms with Crippen LogP contribution in [0.15, 0.2) is 60.7 Å². The molecule has 2 nitrogen and oxygen atoms in total. The monoisotopic (exact) mass is 358 g/mol. The van der Waals surface area contributed by atoms with Crippen molar-refractivity contribution in [2.45, 2.75) is 36.6 Å². The fraction of sp³-hybridized carbons (Fsp3) is 0.400. The van der Waals surface area contributed by atoms with E-state index in [1.54, 1.807) is 14.2 Å². The molecule has 0 saturated carbocycles. The Morgan fingerprint density at radius 1 is 0.667 bits per heavy atom. The highest BCUT2D eigenvalue weighted by molar-refractivity contribution is 6.92. The summed E-state index contributed by atoms with van der Waals surface area (Å²) < 4.78 is 11.6. The minimum absolute atomic E-state index is 0.171. The maximum atomic E-state index is 5.78. The summed E-state index contributed by atoms with van der Waals surface area (Å²) >= 11 is -0.171. The summed E-state index contributed by atoms with van der Waals surface area (Å²) in [4.78, 5) is 0. The van der Waals surface area contributed by atoms with Crippen LogP contribution in [0.4, 0.5) is 0 Å². The lowest BCUT2D eigenvalue weighted by Gasteiger charge is -2.27. The highest BCUT2D eigenvalue weighted by Crippen LogP contribution is 2.07. The van der Waals surface area contributed by atoms with Gasteiger partial charge in [-0.05, 0) is 10.4 Å². The molecule has 0 N–H and O–H groups in total. The number of hydrogen-bond donors (Lipinski definition) is 0. The average molecular weight is 359 g/mol. The van der Waals surface area contributed by atoms with Gasteiger partial charge < -0.3 is 8.85 Å². The lowest BCUT2D eigenvalue weighted by Crippen LogP contribution is -2.62. The molecule has 2 aromatic rings. The second-order valence-electron chi connectivity index (χ2n) is 5.85. The molecule has 0 bridgehead atoms. The Kier molecular flexibility index (Phi) is 10.2. The van der Waals surface area contributed by atoms with Gasteiger partial charge in [0, 0.05) is 14.2 Å². The van der Waals surface area contributed by atoms with Crippen molar-refractivity contribution in [3.63, 3.8) is 0 Å². The van der Waals surface area contributed by atoms with Gasteiger partial charge in [0.05, 0.1) is 0 Å². The Morgan fingerprint density at radius 2 is 1.00 bits per heavy atom. The molecular weight excluding hydrogens is 327 g/mol. The molecule has 0 unspecified atom stereocenters. The van der Waals surface area contributed by atoms with E-state index in [0.717, 1.165) is 10.4 Å². The molecule has 2 rings (SSSR count). The second kappa shape index (κ2) is 11.6.